The normalized spacial score (nSPS) is 14.9. The minimum absolute atomic E-state index is 0.00805. The van der Waals surface area contributed by atoms with E-state index in [0.29, 0.717) is 11.3 Å². The van der Waals surface area contributed by atoms with Gasteiger partial charge in [0.25, 0.3) is 0 Å². The molecule has 1 fully saturated rings. The molecule has 0 saturated carbocycles. The van der Waals surface area contributed by atoms with Gasteiger partial charge in [0.2, 0.25) is 0 Å². The third-order valence-electron chi connectivity index (χ3n) is 5.67. The van der Waals surface area contributed by atoms with Gasteiger partial charge < -0.3 is 15.7 Å². The van der Waals surface area contributed by atoms with Crippen molar-refractivity contribution in [2.75, 3.05) is 25.4 Å². The smallest absolute Gasteiger partial charge is 0.363 e. The molecule has 1 aliphatic heterocycles. The molecule has 4 rings (SSSR count). The van der Waals surface area contributed by atoms with Crippen molar-refractivity contribution in [3.8, 4) is 6.01 Å². The first kappa shape index (κ1) is 21.2. The molecule has 0 aliphatic carbocycles. The summed E-state index contributed by atoms with van der Waals surface area (Å²) in [4.78, 5) is 23.6. The van der Waals surface area contributed by atoms with E-state index in [1.54, 1.807) is 0 Å². The van der Waals surface area contributed by atoms with Crippen molar-refractivity contribution in [1.82, 2.24) is 24.2 Å². The van der Waals surface area contributed by atoms with Gasteiger partial charge in [0.05, 0.1) is 13.2 Å². The summed E-state index contributed by atoms with van der Waals surface area (Å²) in [7, 11) is 0. The molecule has 31 heavy (non-hydrogen) atoms. The molecule has 1 aliphatic rings. The highest BCUT2D eigenvalue weighted by molar-refractivity contribution is 5.82. The van der Waals surface area contributed by atoms with Crippen molar-refractivity contribution in [1.29, 1.82) is 0 Å². The second kappa shape index (κ2) is 9.38. The Morgan fingerprint density at radius 3 is 2.61 bits per heavy atom. The Morgan fingerprint density at radius 1 is 1.13 bits per heavy atom. The molecule has 1 aromatic carbocycles. The Kier molecular flexibility index (Phi) is 6.41. The number of benzene rings is 1. The number of likely N-dealkylation sites (tertiary alicyclic amines) is 1. The number of nitrogens with zero attached hydrogens (tertiary/aromatic N) is 5. The molecule has 2 aromatic heterocycles. The number of rotatable bonds is 8. The van der Waals surface area contributed by atoms with Gasteiger partial charge in [-0.25, -0.2) is 4.79 Å². The maximum atomic E-state index is 12.7. The molecule has 0 unspecified atom stereocenters. The molecule has 0 spiro atoms. The van der Waals surface area contributed by atoms with Crippen LogP contribution >= 0.6 is 0 Å². The van der Waals surface area contributed by atoms with Gasteiger partial charge in [-0.3, -0.25) is 9.47 Å². The van der Waals surface area contributed by atoms with Gasteiger partial charge in [-0.15, -0.1) is 4.73 Å². The van der Waals surface area contributed by atoms with E-state index < -0.39 is 5.69 Å². The summed E-state index contributed by atoms with van der Waals surface area (Å²) < 4.78 is 7.49. The molecule has 3 N–H and O–H groups in total. The fourth-order valence-electron chi connectivity index (χ4n) is 4.03. The molecule has 1 saturated heterocycles. The van der Waals surface area contributed by atoms with Crippen LogP contribution in [0.3, 0.4) is 0 Å². The van der Waals surface area contributed by atoms with Gasteiger partial charge in [-0.05, 0) is 43.5 Å². The second-order valence-electron chi connectivity index (χ2n) is 8.10. The lowest BCUT2D eigenvalue weighted by molar-refractivity contribution is 0.185. The lowest BCUT2D eigenvalue weighted by Crippen LogP contribution is -2.29. The summed E-state index contributed by atoms with van der Waals surface area (Å²) in [5, 5.41) is 10.3. The van der Waals surface area contributed by atoms with E-state index in [1.165, 1.54) is 29.4 Å². The lowest BCUT2D eigenvalue weighted by Gasteiger charge is -2.26. The van der Waals surface area contributed by atoms with Crippen LogP contribution in [0.2, 0.25) is 0 Å². The van der Waals surface area contributed by atoms with Crippen LogP contribution in [0.1, 0.15) is 50.2 Å². The lowest BCUT2D eigenvalue weighted by atomic mass is 10.1. The highest BCUT2D eigenvalue weighted by Crippen LogP contribution is 2.21. The van der Waals surface area contributed by atoms with E-state index in [4.69, 9.17) is 10.5 Å². The van der Waals surface area contributed by atoms with Gasteiger partial charge in [0.15, 0.2) is 17.0 Å². The van der Waals surface area contributed by atoms with Crippen molar-refractivity contribution >= 4 is 17.0 Å². The largest absolute Gasteiger partial charge is 0.463 e. The van der Waals surface area contributed by atoms with Gasteiger partial charge in [-0.1, -0.05) is 44.0 Å². The summed E-state index contributed by atoms with van der Waals surface area (Å²) in [5.74, 6) is 0.00805. The monoisotopic (exact) mass is 426 g/mol. The molecule has 166 valence electrons. The van der Waals surface area contributed by atoms with Crippen LogP contribution in [-0.4, -0.2) is 49.1 Å². The van der Waals surface area contributed by atoms with Gasteiger partial charge >= 0.3 is 11.7 Å². The van der Waals surface area contributed by atoms with E-state index in [2.05, 4.69) is 33.9 Å². The number of piperidine rings is 1. The van der Waals surface area contributed by atoms with Crippen molar-refractivity contribution in [3.63, 3.8) is 0 Å². The Morgan fingerprint density at radius 2 is 1.87 bits per heavy atom. The van der Waals surface area contributed by atoms with E-state index in [0.717, 1.165) is 38.0 Å². The predicted molar refractivity (Wildman–Crippen MR) is 118 cm³/mol. The summed E-state index contributed by atoms with van der Waals surface area (Å²) in [5.41, 5.74) is 7.90. The third kappa shape index (κ3) is 4.66. The summed E-state index contributed by atoms with van der Waals surface area (Å²) in [6.45, 7) is 5.93. The summed E-state index contributed by atoms with van der Waals surface area (Å²) in [6.07, 6.45) is 5.63. The zero-order chi connectivity index (χ0) is 21.8. The maximum absolute atomic E-state index is 12.7. The topological polar surface area (TPSA) is 111 Å². The van der Waals surface area contributed by atoms with Crippen molar-refractivity contribution in [2.45, 2.75) is 52.1 Å². The van der Waals surface area contributed by atoms with E-state index in [9.17, 15) is 10.0 Å². The minimum atomic E-state index is -0.608. The molecule has 0 atom stereocenters. The number of unbranched alkanes of at least 4 members (excludes halogenated alkanes) is 1. The number of ether oxygens (including phenoxy) is 1. The van der Waals surface area contributed by atoms with Gasteiger partial charge in [0, 0.05) is 6.54 Å². The predicted octanol–water partition coefficient (Wildman–Crippen LogP) is 2.63. The molecule has 0 radical (unpaired) electrons. The Hall–Kier alpha value is -3.07. The highest BCUT2D eigenvalue weighted by Gasteiger charge is 2.20. The van der Waals surface area contributed by atoms with Gasteiger partial charge in [-0.2, -0.15) is 9.97 Å². The first-order valence-electron chi connectivity index (χ1n) is 11.0. The minimum Gasteiger partial charge on any atom is -0.463 e. The number of hydrogen-bond acceptors (Lipinski definition) is 7. The zero-order valence-electron chi connectivity index (χ0n) is 18.0. The SMILES string of the molecule is CCCCOc1nc(N)c2c(n1)n(Cc1cccc(CN3CCCCC3)c1)c(=O)n2O. The Labute approximate surface area is 181 Å². The number of hydrogen-bond donors (Lipinski definition) is 2. The average molecular weight is 427 g/mol. The number of nitrogen functional groups attached to an aromatic ring is 1. The standard InChI is InChI=1S/C22H30N6O3/c1-2-3-12-31-21-24-19(23)18-20(25-21)27(22(29)28(18)30)15-17-9-7-8-16(13-17)14-26-10-5-4-6-11-26/h7-9,13,30H,2-6,10-12,14-15H2,1H3,(H2,23,24,25). The summed E-state index contributed by atoms with van der Waals surface area (Å²) >= 11 is 0. The molecule has 3 heterocycles. The van der Waals surface area contributed by atoms with Crippen LogP contribution in [0.5, 0.6) is 6.01 Å². The van der Waals surface area contributed by atoms with Crippen LogP contribution < -0.4 is 16.2 Å². The van der Waals surface area contributed by atoms with Crippen LogP contribution in [-0.2, 0) is 13.1 Å². The van der Waals surface area contributed by atoms with Crippen molar-refractivity contribution in [2.24, 2.45) is 0 Å². The van der Waals surface area contributed by atoms with E-state index in [1.807, 2.05) is 12.1 Å². The fourth-order valence-corrected chi connectivity index (χ4v) is 4.03. The molecule has 0 bridgehead atoms. The Bertz CT molecular complexity index is 1100. The number of imidazole rings is 1. The van der Waals surface area contributed by atoms with E-state index in [-0.39, 0.29) is 29.5 Å². The number of anilines is 1. The molecule has 9 heteroatoms. The van der Waals surface area contributed by atoms with Crippen molar-refractivity contribution in [3.05, 3.63) is 45.9 Å². The molecular weight excluding hydrogens is 396 g/mol. The highest BCUT2D eigenvalue weighted by atomic mass is 16.5. The van der Waals surface area contributed by atoms with Crippen molar-refractivity contribution < 1.29 is 9.94 Å². The summed E-state index contributed by atoms with van der Waals surface area (Å²) in [6, 6.07) is 8.29. The van der Waals surface area contributed by atoms with E-state index >= 15 is 0 Å². The number of nitrogens with two attached hydrogens (primary N) is 1. The van der Waals surface area contributed by atoms with Crippen LogP contribution in [0.25, 0.3) is 11.2 Å². The van der Waals surface area contributed by atoms with Crippen LogP contribution in [0, 0.1) is 0 Å². The molecular formula is C22H30N6O3. The molecule has 3 aromatic rings. The Balaban J connectivity index is 1.62. The molecule has 0 amide bonds. The second-order valence-corrected chi connectivity index (χ2v) is 8.10. The fraction of sp³-hybridized carbons (Fsp3) is 0.500. The average Bonchev–Trinajstić information content (AvgIpc) is 3.00. The number of fused-ring (bicyclic) bond motifs is 1. The zero-order valence-corrected chi connectivity index (χ0v) is 18.0. The quantitative estimate of drug-likeness (QED) is 0.421. The molecule has 9 nitrogen and oxygen atoms in total. The van der Waals surface area contributed by atoms with Crippen LogP contribution in [0.15, 0.2) is 29.1 Å². The van der Waals surface area contributed by atoms with Gasteiger partial charge in [0.1, 0.15) is 0 Å². The third-order valence-corrected chi connectivity index (χ3v) is 5.67. The number of aromatic nitrogens is 4. The maximum Gasteiger partial charge on any atom is 0.363 e. The first-order chi connectivity index (χ1) is 15.1. The van der Waals surface area contributed by atoms with Crippen LogP contribution in [0.4, 0.5) is 5.82 Å². The first-order valence-corrected chi connectivity index (χ1v) is 11.0.